The number of carbonyl (C=O) groups excluding carboxylic acids is 2. The molecule has 0 bridgehead atoms. The Labute approximate surface area is 133 Å². The predicted molar refractivity (Wildman–Crippen MR) is 91.2 cm³/mol. The summed E-state index contributed by atoms with van der Waals surface area (Å²) in [6.07, 6.45) is 5.64. The number of para-hydroxylation sites is 1. The normalized spacial score (nSPS) is 10.8. The molecule has 1 aromatic heterocycles. The highest BCUT2D eigenvalue weighted by Crippen LogP contribution is 2.20. The fourth-order valence-electron chi connectivity index (χ4n) is 2.24. The monoisotopic (exact) mass is 302 g/mol. The maximum absolute atomic E-state index is 12.1. The molecule has 23 heavy (non-hydrogen) atoms. The third-order valence-electron chi connectivity index (χ3n) is 3.39. The number of amides is 1. The molecule has 1 N–H and O–H groups in total. The largest absolute Gasteiger partial charge is 0.321 e. The molecule has 1 heterocycles. The number of carbonyl (C=O) groups is 2. The topological polar surface area (TPSA) is 59.1 Å². The third-order valence-corrected chi connectivity index (χ3v) is 3.39. The molecule has 3 aromatic rings. The first kappa shape index (κ1) is 14.7. The van der Waals surface area contributed by atoms with Crippen LogP contribution in [0.4, 0.5) is 5.69 Å². The number of pyridine rings is 1. The van der Waals surface area contributed by atoms with Crippen LogP contribution >= 0.6 is 0 Å². The lowest BCUT2D eigenvalue weighted by molar-refractivity contribution is -0.111. The van der Waals surface area contributed by atoms with Crippen molar-refractivity contribution in [3.63, 3.8) is 0 Å². The zero-order chi connectivity index (χ0) is 16.1. The Bertz CT molecular complexity index is 878. The van der Waals surface area contributed by atoms with Crippen LogP contribution in [0.1, 0.15) is 15.9 Å². The molecule has 0 atom stereocenters. The lowest BCUT2D eigenvalue weighted by Crippen LogP contribution is -2.08. The first-order chi connectivity index (χ1) is 11.3. The molecular weight excluding hydrogens is 288 g/mol. The second kappa shape index (κ2) is 6.66. The van der Waals surface area contributed by atoms with Crippen LogP contribution < -0.4 is 5.32 Å². The summed E-state index contributed by atoms with van der Waals surface area (Å²) in [6.45, 7) is 0. The number of fused-ring (bicyclic) bond motifs is 1. The summed E-state index contributed by atoms with van der Waals surface area (Å²) in [5, 5.41) is 3.80. The van der Waals surface area contributed by atoms with E-state index in [1.54, 1.807) is 36.5 Å². The molecule has 4 heteroatoms. The van der Waals surface area contributed by atoms with Gasteiger partial charge in [-0.05, 0) is 23.8 Å². The molecule has 0 spiro atoms. The van der Waals surface area contributed by atoms with Gasteiger partial charge in [-0.2, -0.15) is 0 Å². The lowest BCUT2D eigenvalue weighted by Gasteiger charge is -2.05. The van der Waals surface area contributed by atoms with Gasteiger partial charge in [0.15, 0.2) is 0 Å². The van der Waals surface area contributed by atoms with Crippen molar-refractivity contribution in [2.24, 2.45) is 0 Å². The molecular formula is C19H14N2O2. The van der Waals surface area contributed by atoms with Gasteiger partial charge in [0.05, 0.1) is 11.2 Å². The van der Waals surface area contributed by atoms with Crippen LogP contribution in [0.2, 0.25) is 0 Å². The fraction of sp³-hybridized carbons (Fsp3) is 0. The average Bonchev–Trinajstić information content (AvgIpc) is 2.61. The van der Waals surface area contributed by atoms with Crippen molar-refractivity contribution < 1.29 is 9.59 Å². The Morgan fingerprint density at radius 3 is 2.48 bits per heavy atom. The van der Waals surface area contributed by atoms with E-state index in [2.05, 4.69) is 10.3 Å². The van der Waals surface area contributed by atoms with Crippen LogP contribution in [0.25, 0.3) is 17.0 Å². The molecule has 112 valence electrons. The molecule has 0 saturated carbocycles. The minimum Gasteiger partial charge on any atom is -0.321 e. The molecule has 3 rings (SSSR count). The zero-order valence-electron chi connectivity index (χ0n) is 12.3. The lowest BCUT2D eigenvalue weighted by atomic mass is 10.1. The number of nitrogens with zero attached hydrogens (tertiary/aromatic N) is 1. The van der Waals surface area contributed by atoms with Gasteiger partial charge in [0.25, 0.3) is 0 Å². The molecule has 0 aliphatic rings. The first-order valence-electron chi connectivity index (χ1n) is 7.14. The van der Waals surface area contributed by atoms with E-state index in [0.717, 1.165) is 22.8 Å². The summed E-state index contributed by atoms with van der Waals surface area (Å²) in [5.41, 5.74) is 2.89. The van der Waals surface area contributed by atoms with Crippen LogP contribution in [0, 0.1) is 0 Å². The van der Waals surface area contributed by atoms with Gasteiger partial charge in [-0.15, -0.1) is 0 Å². The van der Waals surface area contributed by atoms with Gasteiger partial charge in [0.2, 0.25) is 5.91 Å². The number of aldehydes is 1. The smallest absolute Gasteiger partial charge is 0.248 e. The Morgan fingerprint density at radius 1 is 0.957 bits per heavy atom. The van der Waals surface area contributed by atoms with Crippen LogP contribution in [0.3, 0.4) is 0 Å². The van der Waals surface area contributed by atoms with E-state index in [9.17, 15) is 9.59 Å². The minimum absolute atomic E-state index is 0.234. The highest BCUT2D eigenvalue weighted by atomic mass is 16.1. The van der Waals surface area contributed by atoms with Crippen molar-refractivity contribution in [1.82, 2.24) is 4.98 Å². The highest BCUT2D eigenvalue weighted by Gasteiger charge is 2.03. The number of aromatic nitrogens is 1. The van der Waals surface area contributed by atoms with Crippen molar-refractivity contribution in [3.05, 3.63) is 78.0 Å². The Balaban J connectivity index is 1.75. The van der Waals surface area contributed by atoms with E-state index < -0.39 is 0 Å². The fourth-order valence-corrected chi connectivity index (χ4v) is 2.24. The van der Waals surface area contributed by atoms with Gasteiger partial charge in [-0.25, -0.2) is 0 Å². The Hall–Kier alpha value is -3.27. The van der Waals surface area contributed by atoms with Crippen molar-refractivity contribution in [2.45, 2.75) is 0 Å². The van der Waals surface area contributed by atoms with E-state index in [-0.39, 0.29) is 5.91 Å². The number of hydrogen-bond acceptors (Lipinski definition) is 3. The van der Waals surface area contributed by atoms with Gasteiger partial charge >= 0.3 is 0 Å². The summed E-state index contributed by atoms with van der Waals surface area (Å²) in [6, 6.07) is 16.4. The molecule has 0 fully saturated rings. The summed E-state index contributed by atoms with van der Waals surface area (Å²) in [4.78, 5) is 27.0. The van der Waals surface area contributed by atoms with Gasteiger partial charge in [0, 0.05) is 23.2 Å². The highest BCUT2D eigenvalue weighted by molar-refractivity contribution is 6.06. The SMILES string of the molecule is O=Cc1ccc(/C=C/C(=O)Nc2cccc3cccnc23)cc1. The van der Waals surface area contributed by atoms with Crippen molar-refractivity contribution >= 4 is 34.9 Å². The van der Waals surface area contributed by atoms with E-state index >= 15 is 0 Å². The van der Waals surface area contributed by atoms with Crippen LogP contribution in [0.5, 0.6) is 0 Å². The van der Waals surface area contributed by atoms with Gasteiger partial charge in [-0.3, -0.25) is 14.6 Å². The minimum atomic E-state index is -0.234. The molecule has 0 unspecified atom stereocenters. The second-order valence-corrected chi connectivity index (χ2v) is 4.99. The van der Waals surface area contributed by atoms with Gasteiger partial charge in [-0.1, -0.05) is 42.5 Å². The Morgan fingerprint density at radius 2 is 1.70 bits per heavy atom. The van der Waals surface area contributed by atoms with Gasteiger partial charge in [0.1, 0.15) is 6.29 Å². The summed E-state index contributed by atoms with van der Waals surface area (Å²) < 4.78 is 0. The third kappa shape index (κ3) is 3.49. The summed E-state index contributed by atoms with van der Waals surface area (Å²) in [7, 11) is 0. The van der Waals surface area contributed by atoms with E-state index in [0.29, 0.717) is 11.3 Å². The molecule has 0 saturated heterocycles. The van der Waals surface area contributed by atoms with Crippen LogP contribution in [-0.4, -0.2) is 17.2 Å². The summed E-state index contributed by atoms with van der Waals surface area (Å²) >= 11 is 0. The van der Waals surface area contributed by atoms with Crippen molar-refractivity contribution in [1.29, 1.82) is 0 Å². The molecule has 1 amide bonds. The average molecular weight is 302 g/mol. The van der Waals surface area contributed by atoms with Gasteiger partial charge < -0.3 is 5.32 Å². The maximum atomic E-state index is 12.1. The molecule has 0 radical (unpaired) electrons. The molecule has 2 aromatic carbocycles. The maximum Gasteiger partial charge on any atom is 0.248 e. The number of nitrogens with one attached hydrogen (secondary N) is 1. The quantitative estimate of drug-likeness (QED) is 0.590. The Kier molecular flexibility index (Phi) is 4.25. The molecule has 0 aliphatic carbocycles. The number of rotatable bonds is 4. The zero-order valence-corrected chi connectivity index (χ0v) is 12.3. The van der Waals surface area contributed by atoms with E-state index in [1.807, 2.05) is 30.3 Å². The second-order valence-electron chi connectivity index (χ2n) is 4.99. The number of anilines is 1. The number of benzene rings is 2. The standard InChI is InChI=1S/C19H14N2O2/c22-13-15-8-6-14(7-9-15)10-11-18(23)21-17-5-1-3-16-4-2-12-20-19(16)17/h1-13H,(H,21,23)/b11-10+. The van der Waals surface area contributed by atoms with Crippen molar-refractivity contribution in [2.75, 3.05) is 5.32 Å². The summed E-state index contributed by atoms with van der Waals surface area (Å²) in [5.74, 6) is -0.234. The molecule has 4 nitrogen and oxygen atoms in total. The van der Waals surface area contributed by atoms with E-state index in [1.165, 1.54) is 6.08 Å². The number of hydrogen-bond donors (Lipinski definition) is 1. The van der Waals surface area contributed by atoms with Crippen LogP contribution in [-0.2, 0) is 4.79 Å². The molecule has 0 aliphatic heterocycles. The first-order valence-corrected chi connectivity index (χ1v) is 7.14. The van der Waals surface area contributed by atoms with E-state index in [4.69, 9.17) is 0 Å². The predicted octanol–water partition coefficient (Wildman–Crippen LogP) is 3.70. The van der Waals surface area contributed by atoms with Crippen molar-refractivity contribution in [3.8, 4) is 0 Å². The van der Waals surface area contributed by atoms with Crippen LogP contribution in [0.15, 0.2) is 66.9 Å².